The summed E-state index contributed by atoms with van der Waals surface area (Å²) in [6.45, 7) is 6.67. The average molecular weight is 390 g/mol. The van der Waals surface area contributed by atoms with Crippen molar-refractivity contribution >= 4 is 39.2 Å². The maximum absolute atomic E-state index is 13.1. The van der Waals surface area contributed by atoms with Gasteiger partial charge in [-0.25, -0.2) is 14.4 Å². The molecule has 7 heteroatoms. The second-order valence-corrected chi connectivity index (χ2v) is 8.79. The number of halogens is 1. The lowest BCUT2D eigenvalue weighted by Gasteiger charge is -2.13. The van der Waals surface area contributed by atoms with E-state index in [1.165, 1.54) is 30.2 Å². The van der Waals surface area contributed by atoms with Gasteiger partial charge in [0.15, 0.2) is 0 Å². The van der Waals surface area contributed by atoms with Gasteiger partial charge in [0, 0.05) is 11.4 Å². The monoisotopic (exact) mass is 389 g/mol. The first kappa shape index (κ1) is 18.8. The fourth-order valence-corrected chi connectivity index (χ4v) is 4.46. The van der Waals surface area contributed by atoms with Gasteiger partial charge in [-0.15, -0.1) is 11.3 Å². The third-order valence-electron chi connectivity index (χ3n) is 3.75. The van der Waals surface area contributed by atoms with Gasteiger partial charge in [-0.1, -0.05) is 37.7 Å². The number of carbonyl (C=O) groups is 1. The highest BCUT2D eigenvalue weighted by molar-refractivity contribution is 8.00. The van der Waals surface area contributed by atoms with E-state index in [1.807, 2.05) is 13.0 Å². The number of nitrogens with zero attached hydrogens (tertiary/aromatic N) is 2. The first-order valence-corrected chi connectivity index (χ1v) is 10.1. The van der Waals surface area contributed by atoms with Crippen molar-refractivity contribution < 1.29 is 9.18 Å². The van der Waals surface area contributed by atoms with E-state index in [9.17, 15) is 9.18 Å². The second-order valence-electron chi connectivity index (χ2n) is 6.41. The molecule has 1 N–H and O–H groups in total. The summed E-state index contributed by atoms with van der Waals surface area (Å²) < 4.78 is 14.1. The fraction of sp³-hybridized carbons (Fsp3) is 0.316. The SMILES string of the molecule is CC(C)CNC(=O)[C@@H](C)Sc1ncnc2cc(-c3ccc(F)cc3)sc12. The molecule has 0 saturated carbocycles. The number of thiophene rings is 1. The summed E-state index contributed by atoms with van der Waals surface area (Å²) in [7, 11) is 0. The highest BCUT2D eigenvalue weighted by atomic mass is 32.2. The molecule has 3 rings (SSSR count). The van der Waals surface area contributed by atoms with Gasteiger partial charge in [0.05, 0.1) is 15.5 Å². The van der Waals surface area contributed by atoms with E-state index < -0.39 is 0 Å². The Hall–Kier alpha value is -1.99. The van der Waals surface area contributed by atoms with Crippen LogP contribution in [0.5, 0.6) is 0 Å². The number of carbonyl (C=O) groups excluding carboxylic acids is 1. The van der Waals surface area contributed by atoms with Gasteiger partial charge in [-0.05, 0) is 36.6 Å². The van der Waals surface area contributed by atoms with Crippen molar-refractivity contribution in [3.63, 3.8) is 0 Å². The molecule has 0 fully saturated rings. The third-order valence-corrected chi connectivity index (χ3v) is 6.16. The van der Waals surface area contributed by atoms with Crippen molar-refractivity contribution in [2.75, 3.05) is 6.54 Å². The quantitative estimate of drug-likeness (QED) is 0.488. The first-order valence-electron chi connectivity index (χ1n) is 8.39. The molecule has 1 aromatic carbocycles. The zero-order chi connectivity index (χ0) is 18.7. The zero-order valence-electron chi connectivity index (χ0n) is 14.8. The van der Waals surface area contributed by atoms with Gasteiger partial charge >= 0.3 is 0 Å². The van der Waals surface area contributed by atoms with E-state index in [1.54, 1.807) is 23.5 Å². The van der Waals surface area contributed by atoms with Gasteiger partial charge < -0.3 is 5.32 Å². The number of amides is 1. The lowest BCUT2D eigenvalue weighted by Crippen LogP contribution is -2.33. The van der Waals surface area contributed by atoms with Crippen LogP contribution in [0.3, 0.4) is 0 Å². The smallest absolute Gasteiger partial charge is 0.233 e. The molecule has 2 aromatic heterocycles. The Labute approximate surface area is 160 Å². The van der Waals surface area contributed by atoms with Crippen LogP contribution in [-0.2, 0) is 4.79 Å². The minimum Gasteiger partial charge on any atom is -0.355 e. The predicted molar refractivity (Wildman–Crippen MR) is 106 cm³/mol. The number of hydrogen-bond donors (Lipinski definition) is 1. The van der Waals surface area contributed by atoms with Crippen LogP contribution in [0.15, 0.2) is 41.7 Å². The van der Waals surface area contributed by atoms with Crippen LogP contribution in [0.4, 0.5) is 4.39 Å². The van der Waals surface area contributed by atoms with Crippen LogP contribution in [0.2, 0.25) is 0 Å². The maximum Gasteiger partial charge on any atom is 0.233 e. The van der Waals surface area contributed by atoms with Crippen molar-refractivity contribution in [3.8, 4) is 10.4 Å². The Kier molecular flexibility index (Phi) is 5.88. The Bertz CT molecular complexity index is 909. The van der Waals surface area contributed by atoms with Crippen LogP contribution in [0.1, 0.15) is 20.8 Å². The van der Waals surface area contributed by atoms with Crippen molar-refractivity contribution in [2.45, 2.75) is 31.0 Å². The Morgan fingerprint density at radius 1 is 1.23 bits per heavy atom. The van der Waals surface area contributed by atoms with E-state index in [-0.39, 0.29) is 17.0 Å². The molecule has 26 heavy (non-hydrogen) atoms. The lowest BCUT2D eigenvalue weighted by atomic mass is 10.2. The van der Waals surface area contributed by atoms with Crippen LogP contribution < -0.4 is 5.32 Å². The molecule has 0 spiro atoms. The van der Waals surface area contributed by atoms with Gasteiger partial charge in [0.25, 0.3) is 0 Å². The molecule has 0 saturated heterocycles. The van der Waals surface area contributed by atoms with E-state index in [2.05, 4.69) is 29.1 Å². The van der Waals surface area contributed by atoms with Crippen molar-refractivity contribution in [1.82, 2.24) is 15.3 Å². The predicted octanol–water partition coefficient (Wildman–Crippen LogP) is 4.75. The molecule has 4 nitrogen and oxygen atoms in total. The Morgan fingerprint density at radius 2 is 1.96 bits per heavy atom. The number of hydrogen-bond acceptors (Lipinski definition) is 5. The molecule has 0 aliphatic carbocycles. The summed E-state index contributed by atoms with van der Waals surface area (Å²) in [5, 5.41) is 3.50. The summed E-state index contributed by atoms with van der Waals surface area (Å²) in [6.07, 6.45) is 1.52. The number of thioether (sulfide) groups is 1. The summed E-state index contributed by atoms with van der Waals surface area (Å²) in [5.41, 5.74) is 1.77. The zero-order valence-corrected chi connectivity index (χ0v) is 16.5. The van der Waals surface area contributed by atoms with Gasteiger partial charge in [-0.2, -0.15) is 0 Å². The molecular formula is C19H20FN3OS2. The number of aromatic nitrogens is 2. The molecule has 0 radical (unpaired) electrons. The molecule has 0 bridgehead atoms. The summed E-state index contributed by atoms with van der Waals surface area (Å²) in [4.78, 5) is 21.9. The maximum atomic E-state index is 13.1. The fourth-order valence-electron chi connectivity index (χ4n) is 2.34. The average Bonchev–Trinajstić information content (AvgIpc) is 3.05. The lowest BCUT2D eigenvalue weighted by molar-refractivity contribution is -0.120. The van der Waals surface area contributed by atoms with Crippen LogP contribution in [0.25, 0.3) is 20.7 Å². The van der Waals surface area contributed by atoms with Gasteiger partial charge in [0.1, 0.15) is 17.2 Å². The highest BCUT2D eigenvalue weighted by Gasteiger charge is 2.18. The van der Waals surface area contributed by atoms with Crippen molar-refractivity contribution in [2.24, 2.45) is 5.92 Å². The molecule has 0 aliphatic rings. The van der Waals surface area contributed by atoms with E-state index in [0.29, 0.717) is 12.5 Å². The molecule has 1 atom stereocenters. The standard InChI is InChI=1S/C19H20FN3OS2/c1-11(2)9-21-18(24)12(3)25-19-17-15(22-10-23-19)8-16(26-17)13-4-6-14(20)7-5-13/h4-8,10-12H,9H2,1-3H3,(H,21,24)/t12-/m1/s1. The van der Waals surface area contributed by atoms with Gasteiger partial charge in [-0.3, -0.25) is 4.79 Å². The van der Waals surface area contributed by atoms with Crippen molar-refractivity contribution in [1.29, 1.82) is 0 Å². The topological polar surface area (TPSA) is 54.9 Å². The molecule has 0 aliphatic heterocycles. The molecular weight excluding hydrogens is 369 g/mol. The van der Waals surface area contributed by atoms with E-state index in [0.717, 1.165) is 25.7 Å². The van der Waals surface area contributed by atoms with Crippen LogP contribution in [-0.4, -0.2) is 27.7 Å². The van der Waals surface area contributed by atoms with E-state index >= 15 is 0 Å². The molecule has 0 unspecified atom stereocenters. The highest BCUT2D eigenvalue weighted by Crippen LogP contribution is 2.38. The molecule has 136 valence electrons. The number of rotatable bonds is 6. The summed E-state index contributed by atoms with van der Waals surface area (Å²) >= 11 is 2.99. The van der Waals surface area contributed by atoms with E-state index in [4.69, 9.17) is 0 Å². The summed E-state index contributed by atoms with van der Waals surface area (Å²) in [5.74, 6) is 0.162. The number of fused-ring (bicyclic) bond motifs is 1. The minimum absolute atomic E-state index is 0.00535. The third kappa shape index (κ3) is 4.40. The van der Waals surface area contributed by atoms with Crippen molar-refractivity contribution in [3.05, 3.63) is 42.5 Å². The van der Waals surface area contributed by atoms with Gasteiger partial charge in [0.2, 0.25) is 5.91 Å². The largest absolute Gasteiger partial charge is 0.355 e. The van der Waals surface area contributed by atoms with Crippen LogP contribution in [0, 0.1) is 11.7 Å². The number of benzene rings is 1. The second kappa shape index (κ2) is 8.14. The Morgan fingerprint density at radius 3 is 2.65 bits per heavy atom. The van der Waals surface area contributed by atoms with Crippen LogP contribution >= 0.6 is 23.1 Å². The molecule has 2 heterocycles. The molecule has 1 amide bonds. The first-order chi connectivity index (χ1) is 12.4. The number of nitrogens with one attached hydrogen (secondary N) is 1. The normalized spacial score (nSPS) is 12.5. The Balaban J connectivity index is 1.83. The molecule has 3 aromatic rings. The minimum atomic E-state index is -0.257. The summed E-state index contributed by atoms with van der Waals surface area (Å²) in [6, 6.07) is 8.37.